The van der Waals surface area contributed by atoms with Crippen molar-refractivity contribution < 1.29 is 0 Å². The largest absolute Gasteiger partial charge is 0.208 e. The van der Waals surface area contributed by atoms with E-state index in [-0.39, 0.29) is 0 Å². The topological polar surface area (TPSA) is 38.7 Å². The second kappa shape index (κ2) is 17.6. The van der Waals surface area contributed by atoms with Crippen molar-refractivity contribution in [2.45, 2.75) is 20.8 Å². The fourth-order valence-electron chi connectivity index (χ4n) is 8.20. The Morgan fingerprint density at radius 3 is 1.83 bits per heavy atom. The monoisotopic (exact) mass is 885 g/mol. The van der Waals surface area contributed by atoms with E-state index in [0.29, 0.717) is 17.5 Å². The van der Waals surface area contributed by atoms with Crippen molar-refractivity contribution in [1.82, 2.24) is 15.0 Å². The molecule has 8 aromatic rings. The summed E-state index contributed by atoms with van der Waals surface area (Å²) in [6, 6.07) is 51.1. The van der Waals surface area contributed by atoms with Crippen molar-refractivity contribution in [2.24, 2.45) is 0 Å². The van der Waals surface area contributed by atoms with Crippen LogP contribution in [0.2, 0.25) is 0 Å². The third-order valence-corrected chi connectivity index (χ3v) is 11.9. The van der Waals surface area contributed by atoms with Gasteiger partial charge in [-0.15, -0.1) is 0 Å². The van der Waals surface area contributed by atoms with E-state index in [1.807, 2.05) is 24.3 Å². The molecule has 7 aromatic carbocycles. The molecule has 8 rings (SSSR count). The molecule has 0 bridgehead atoms. The SMILES string of the molecule is C=C/C=C(\C=C)c1c(/C(C)=C/I)c(C)cc(-c2cccc(-c3cccc(-c4nc(-c5cccc(C)c5C=C)nc(-c5cccc6ccccc56)n4)c3)c2)c1-c1ccccc1. The highest BCUT2D eigenvalue weighted by molar-refractivity contribution is 14.1. The van der Waals surface area contributed by atoms with Gasteiger partial charge in [0.15, 0.2) is 17.5 Å². The molecule has 3 nitrogen and oxygen atoms in total. The van der Waals surface area contributed by atoms with Gasteiger partial charge in [0.25, 0.3) is 0 Å². The number of fused-ring (bicyclic) bond motifs is 1. The molecule has 0 spiro atoms. The van der Waals surface area contributed by atoms with Crippen molar-refractivity contribution in [3.63, 3.8) is 0 Å². The molecule has 0 saturated carbocycles. The summed E-state index contributed by atoms with van der Waals surface area (Å²) >= 11 is 2.34. The maximum absolute atomic E-state index is 5.19. The lowest BCUT2D eigenvalue weighted by atomic mass is 9.80. The molecular weight excluding hydrogens is 842 g/mol. The maximum atomic E-state index is 5.19. The molecule has 60 heavy (non-hydrogen) atoms. The average molecular weight is 886 g/mol. The smallest absolute Gasteiger partial charge is 0.164 e. The van der Waals surface area contributed by atoms with E-state index in [1.54, 1.807) is 0 Å². The van der Waals surface area contributed by atoms with E-state index < -0.39 is 0 Å². The summed E-state index contributed by atoms with van der Waals surface area (Å²) in [7, 11) is 0. The molecule has 0 saturated heterocycles. The van der Waals surface area contributed by atoms with Crippen LogP contribution >= 0.6 is 22.6 Å². The summed E-state index contributed by atoms with van der Waals surface area (Å²) in [6.45, 7) is 18.9. The fourth-order valence-corrected chi connectivity index (χ4v) is 8.51. The summed E-state index contributed by atoms with van der Waals surface area (Å²) < 4.78 is 2.15. The number of nitrogens with zero attached hydrogens (tertiary/aromatic N) is 3. The quantitative estimate of drug-likeness (QED) is 0.0959. The molecular formula is C56H44IN3. The number of aromatic nitrogens is 3. The Morgan fingerprint density at radius 1 is 0.533 bits per heavy atom. The Kier molecular flexibility index (Phi) is 11.8. The molecule has 1 aromatic heterocycles. The highest BCUT2D eigenvalue weighted by atomic mass is 127. The molecule has 0 aliphatic rings. The van der Waals surface area contributed by atoms with Crippen LogP contribution in [-0.4, -0.2) is 15.0 Å². The van der Waals surface area contributed by atoms with Gasteiger partial charge in [-0.05, 0) is 120 Å². The van der Waals surface area contributed by atoms with Gasteiger partial charge in [-0.25, -0.2) is 15.0 Å². The van der Waals surface area contributed by atoms with E-state index in [4.69, 9.17) is 15.0 Å². The lowest BCUT2D eigenvalue weighted by molar-refractivity contribution is 1.07. The fraction of sp³-hybridized carbons (Fsp3) is 0.0536. The van der Waals surface area contributed by atoms with Gasteiger partial charge < -0.3 is 0 Å². The summed E-state index contributed by atoms with van der Waals surface area (Å²) in [5, 5.41) is 2.22. The van der Waals surface area contributed by atoms with Gasteiger partial charge in [-0.3, -0.25) is 0 Å². The molecule has 0 atom stereocenters. The molecule has 0 aliphatic carbocycles. The average Bonchev–Trinajstić information content (AvgIpc) is 3.30. The number of benzene rings is 7. The van der Waals surface area contributed by atoms with Crippen molar-refractivity contribution in [3.05, 3.63) is 215 Å². The van der Waals surface area contributed by atoms with Crippen LogP contribution in [-0.2, 0) is 0 Å². The van der Waals surface area contributed by atoms with Crippen LogP contribution in [0.1, 0.15) is 34.7 Å². The van der Waals surface area contributed by atoms with E-state index in [0.717, 1.165) is 83.1 Å². The molecule has 0 radical (unpaired) electrons. The lowest BCUT2D eigenvalue weighted by Crippen LogP contribution is -2.02. The first-order chi connectivity index (χ1) is 29.3. The number of hydrogen-bond acceptors (Lipinski definition) is 3. The van der Waals surface area contributed by atoms with Crippen LogP contribution in [0.25, 0.3) is 95.5 Å². The third-order valence-electron chi connectivity index (χ3n) is 11.0. The number of hydrogen-bond donors (Lipinski definition) is 0. The predicted molar refractivity (Wildman–Crippen MR) is 266 cm³/mol. The number of aryl methyl sites for hydroxylation is 2. The number of allylic oxidation sites excluding steroid dienone is 5. The van der Waals surface area contributed by atoms with Crippen LogP contribution in [0.15, 0.2) is 188 Å². The van der Waals surface area contributed by atoms with Crippen molar-refractivity contribution in [1.29, 1.82) is 0 Å². The Morgan fingerprint density at radius 2 is 1.12 bits per heavy atom. The number of halogens is 1. The zero-order valence-electron chi connectivity index (χ0n) is 34.1. The van der Waals surface area contributed by atoms with Crippen molar-refractivity contribution in [2.75, 3.05) is 0 Å². The van der Waals surface area contributed by atoms with Gasteiger partial charge in [-0.1, -0.05) is 200 Å². The first-order valence-corrected chi connectivity index (χ1v) is 21.2. The highest BCUT2D eigenvalue weighted by Gasteiger charge is 2.22. The highest BCUT2D eigenvalue weighted by Crippen LogP contribution is 2.45. The zero-order chi connectivity index (χ0) is 41.8. The third kappa shape index (κ3) is 7.74. The van der Waals surface area contributed by atoms with Crippen LogP contribution in [0.4, 0.5) is 0 Å². The number of rotatable bonds is 11. The predicted octanol–water partition coefficient (Wildman–Crippen LogP) is 15.8. The summed E-state index contributed by atoms with van der Waals surface area (Å²) in [4.78, 5) is 15.5. The molecule has 0 fully saturated rings. The molecule has 4 heteroatoms. The molecule has 0 N–H and O–H groups in total. The van der Waals surface area contributed by atoms with Crippen molar-refractivity contribution >= 4 is 50.6 Å². The van der Waals surface area contributed by atoms with Gasteiger partial charge in [0.1, 0.15) is 0 Å². The van der Waals surface area contributed by atoms with E-state index in [2.05, 4.69) is 213 Å². The molecule has 290 valence electrons. The van der Waals surface area contributed by atoms with Gasteiger partial charge in [0.05, 0.1) is 0 Å². The normalized spacial score (nSPS) is 11.7. The van der Waals surface area contributed by atoms with E-state index in [1.165, 1.54) is 16.7 Å². The second-order valence-electron chi connectivity index (χ2n) is 14.8. The summed E-state index contributed by atoms with van der Waals surface area (Å²) in [5.74, 6) is 1.83. The Bertz CT molecular complexity index is 3020. The Hall–Kier alpha value is -6.76. The van der Waals surface area contributed by atoms with Crippen LogP contribution in [0, 0.1) is 13.8 Å². The van der Waals surface area contributed by atoms with Gasteiger partial charge >= 0.3 is 0 Å². The van der Waals surface area contributed by atoms with E-state index >= 15 is 0 Å². The van der Waals surface area contributed by atoms with Crippen LogP contribution < -0.4 is 0 Å². The molecule has 0 unspecified atom stereocenters. The summed E-state index contributed by atoms with van der Waals surface area (Å²) in [5.41, 5.74) is 17.3. The minimum atomic E-state index is 0.601. The minimum Gasteiger partial charge on any atom is -0.208 e. The van der Waals surface area contributed by atoms with Gasteiger partial charge in [0.2, 0.25) is 0 Å². The Balaban J connectivity index is 1.31. The second-order valence-corrected chi connectivity index (χ2v) is 15.4. The minimum absolute atomic E-state index is 0.601. The lowest BCUT2D eigenvalue weighted by Gasteiger charge is -2.23. The Labute approximate surface area is 367 Å². The molecule has 1 heterocycles. The first kappa shape index (κ1) is 40.0. The van der Waals surface area contributed by atoms with Gasteiger partial charge in [-0.2, -0.15) is 0 Å². The van der Waals surface area contributed by atoms with Crippen LogP contribution in [0.5, 0.6) is 0 Å². The van der Waals surface area contributed by atoms with Crippen LogP contribution in [0.3, 0.4) is 0 Å². The van der Waals surface area contributed by atoms with Crippen molar-refractivity contribution in [3.8, 4) is 67.5 Å². The maximum Gasteiger partial charge on any atom is 0.164 e. The van der Waals surface area contributed by atoms with E-state index in [9.17, 15) is 0 Å². The standard InChI is InChI=1S/C56H44IN3/c1-7-19-39(8-2)53-51(38(6)35-57)37(5)32-50(52(53)41-22-11-10-12-23-41)44-27-16-25-42(33-44)43-26-17-28-45(34-43)54-58-55(48-30-15-20-36(4)46(48)9-3)60-56(59-54)49-31-18-24-40-21-13-14-29-47(40)49/h7-35H,1-3H2,4-6H3/b38-35+,39-19+. The molecule has 0 aliphatic heterocycles. The molecule has 0 amide bonds. The first-order valence-electron chi connectivity index (χ1n) is 20.0. The zero-order valence-corrected chi connectivity index (χ0v) is 36.2. The van der Waals surface area contributed by atoms with Gasteiger partial charge in [0, 0.05) is 16.7 Å². The summed E-state index contributed by atoms with van der Waals surface area (Å²) in [6.07, 6.45) is 7.72.